The summed E-state index contributed by atoms with van der Waals surface area (Å²) in [5.74, 6) is 0.980. The number of nitrogens with zero attached hydrogens (tertiary/aromatic N) is 3. The van der Waals surface area contributed by atoms with E-state index in [-0.39, 0.29) is 17.9 Å². The predicted octanol–water partition coefficient (Wildman–Crippen LogP) is 4.59. The minimum atomic E-state index is -0.243. The van der Waals surface area contributed by atoms with E-state index >= 15 is 0 Å². The molecule has 2 fully saturated rings. The summed E-state index contributed by atoms with van der Waals surface area (Å²) in [5.41, 5.74) is 3.14. The smallest absolute Gasteiger partial charge is 0.255 e. The number of nitrogens with one attached hydrogen (secondary N) is 2. The number of aromatic nitrogens is 1. The number of hydrogen-bond acceptors (Lipinski definition) is 7. The first-order valence-electron chi connectivity index (χ1n) is 13.9. The lowest BCUT2D eigenvalue weighted by Crippen LogP contribution is -2.36. The second-order valence-electron chi connectivity index (χ2n) is 10.4. The van der Waals surface area contributed by atoms with Crippen molar-refractivity contribution in [2.45, 2.75) is 32.3 Å². The Morgan fingerprint density at radius 2 is 1.73 bits per heavy atom. The molecule has 2 aliphatic rings. The summed E-state index contributed by atoms with van der Waals surface area (Å²) in [6, 6.07) is 16.3. The number of aryl methyl sites for hydroxylation is 1. The molecule has 3 aromatic rings. The zero-order valence-corrected chi connectivity index (χ0v) is 23.2. The van der Waals surface area contributed by atoms with Crippen LogP contribution >= 0.6 is 0 Å². The number of anilines is 3. The van der Waals surface area contributed by atoms with Crippen molar-refractivity contribution < 1.29 is 19.1 Å². The number of morpholine rings is 1. The lowest BCUT2D eigenvalue weighted by Gasteiger charge is -2.27. The van der Waals surface area contributed by atoms with Gasteiger partial charge in [-0.3, -0.25) is 9.59 Å². The van der Waals surface area contributed by atoms with Crippen molar-refractivity contribution in [2.75, 3.05) is 62.0 Å². The van der Waals surface area contributed by atoms with Crippen molar-refractivity contribution in [2.24, 2.45) is 0 Å². The molecule has 0 spiro atoms. The summed E-state index contributed by atoms with van der Waals surface area (Å²) in [6.07, 6.45) is 4.87. The molecule has 0 radical (unpaired) electrons. The molecule has 2 amide bonds. The SMILES string of the molecule is Cc1ccc(NC(=O)c2ccnc(N3CCOCC3)c2)cc1NC(=O)c1cccc(OC2CCCN(C)CC2)c1. The standard InChI is InChI=1S/C31H37N5O4/c1-22-8-9-25(33-30(37)24-10-12-32-29(20-24)36-15-17-39-18-16-36)21-28(22)34-31(38)23-5-3-6-27(19-23)40-26-7-4-13-35(2)14-11-26/h3,5-6,8-10,12,19-21,26H,4,7,11,13-18H2,1-2H3,(H,33,37)(H,34,38). The van der Waals surface area contributed by atoms with E-state index in [4.69, 9.17) is 9.47 Å². The molecule has 0 aliphatic carbocycles. The highest BCUT2D eigenvalue weighted by Crippen LogP contribution is 2.24. The minimum absolute atomic E-state index is 0.149. The summed E-state index contributed by atoms with van der Waals surface area (Å²) in [6.45, 7) is 6.78. The van der Waals surface area contributed by atoms with Crippen LogP contribution in [0.3, 0.4) is 0 Å². The largest absolute Gasteiger partial charge is 0.490 e. The molecule has 5 rings (SSSR count). The molecule has 2 saturated heterocycles. The van der Waals surface area contributed by atoms with E-state index in [0.29, 0.717) is 41.5 Å². The van der Waals surface area contributed by atoms with Crippen LogP contribution < -0.4 is 20.3 Å². The molecule has 0 bridgehead atoms. The van der Waals surface area contributed by atoms with Crippen LogP contribution in [-0.2, 0) is 4.74 Å². The molecule has 210 valence electrons. The number of carbonyl (C=O) groups is 2. The number of hydrogen-bond donors (Lipinski definition) is 2. The van der Waals surface area contributed by atoms with E-state index in [1.54, 1.807) is 36.5 Å². The van der Waals surface area contributed by atoms with Crippen LogP contribution in [-0.4, -0.2) is 74.2 Å². The fourth-order valence-electron chi connectivity index (χ4n) is 4.99. The van der Waals surface area contributed by atoms with Crippen molar-refractivity contribution in [1.82, 2.24) is 9.88 Å². The van der Waals surface area contributed by atoms with Gasteiger partial charge in [-0.05, 0) is 87.8 Å². The first kappa shape index (κ1) is 27.6. The number of ether oxygens (including phenoxy) is 2. The van der Waals surface area contributed by atoms with Gasteiger partial charge in [-0.1, -0.05) is 12.1 Å². The Labute approximate surface area is 235 Å². The van der Waals surface area contributed by atoms with Gasteiger partial charge in [0.1, 0.15) is 11.6 Å². The second-order valence-corrected chi connectivity index (χ2v) is 10.4. The van der Waals surface area contributed by atoms with Crippen LogP contribution in [0.1, 0.15) is 45.5 Å². The van der Waals surface area contributed by atoms with Gasteiger partial charge in [-0.25, -0.2) is 4.98 Å². The van der Waals surface area contributed by atoms with Crippen LogP contribution in [0.2, 0.25) is 0 Å². The Morgan fingerprint density at radius 3 is 2.58 bits per heavy atom. The van der Waals surface area contributed by atoms with E-state index in [1.807, 2.05) is 31.2 Å². The number of benzene rings is 2. The molecule has 1 aromatic heterocycles. The summed E-state index contributed by atoms with van der Waals surface area (Å²) in [7, 11) is 2.14. The fraction of sp³-hybridized carbons (Fsp3) is 0.387. The van der Waals surface area contributed by atoms with Crippen molar-refractivity contribution in [3.05, 3.63) is 77.5 Å². The van der Waals surface area contributed by atoms with Crippen molar-refractivity contribution in [3.63, 3.8) is 0 Å². The van der Waals surface area contributed by atoms with Crippen LogP contribution in [0, 0.1) is 6.92 Å². The first-order valence-corrected chi connectivity index (χ1v) is 13.9. The average molecular weight is 544 g/mol. The fourth-order valence-corrected chi connectivity index (χ4v) is 4.99. The lowest BCUT2D eigenvalue weighted by atomic mass is 10.1. The number of pyridine rings is 1. The Kier molecular flexibility index (Phi) is 8.93. The molecular formula is C31H37N5O4. The van der Waals surface area contributed by atoms with Gasteiger partial charge in [0.25, 0.3) is 11.8 Å². The Balaban J connectivity index is 1.23. The van der Waals surface area contributed by atoms with Gasteiger partial charge < -0.3 is 29.9 Å². The van der Waals surface area contributed by atoms with Crippen LogP contribution in [0.25, 0.3) is 0 Å². The Hall–Kier alpha value is -3.95. The highest BCUT2D eigenvalue weighted by molar-refractivity contribution is 6.07. The van der Waals surface area contributed by atoms with E-state index in [9.17, 15) is 9.59 Å². The maximum atomic E-state index is 13.2. The van der Waals surface area contributed by atoms with Crippen LogP contribution in [0.5, 0.6) is 5.75 Å². The molecule has 9 heteroatoms. The van der Waals surface area contributed by atoms with Gasteiger partial charge in [0, 0.05) is 48.3 Å². The normalized spacial score (nSPS) is 18.1. The zero-order valence-electron chi connectivity index (χ0n) is 23.2. The van der Waals surface area contributed by atoms with Crippen molar-refractivity contribution in [3.8, 4) is 5.75 Å². The summed E-state index contributed by atoms with van der Waals surface area (Å²) in [5, 5.41) is 5.94. The zero-order chi connectivity index (χ0) is 27.9. The van der Waals surface area contributed by atoms with E-state index < -0.39 is 0 Å². The van der Waals surface area contributed by atoms with Crippen molar-refractivity contribution in [1.29, 1.82) is 0 Å². The Bertz CT molecular complexity index is 1340. The molecule has 40 heavy (non-hydrogen) atoms. The maximum Gasteiger partial charge on any atom is 0.255 e. The first-order chi connectivity index (χ1) is 19.4. The molecule has 2 aromatic carbocycles. The Morgan fingerprint density at radius 1 is 0.925 bits per heavy atom. The summed E-state index contributed by atoms with van der Waals surface area (Å²) in [4.78, 5) is 35.1. The van der Waals surface area contributed by atoms with Gasteiger partial charge in [0.05, 0.1) is 19.3 Å². The topological polar surface area (TPSA) is 96.0 Å². The number of likely N-dealkylation sites (tertiary alicyclic amines) is 1. The predicted molar refractivity (Wildman–Crippen MR) is 157 cm³/mol. The third kappa shape index (κ3) is 7.16. The van der Waals surface area contributed by atoms with E-state index in [0.717, 1.165) is 56.8 Å². The minimum Gasteiger partial charge on any atom is -0.490 e. The second kappa shape index (κ2) is 12.9. The lowest BCUT2D eigenvalue weighted by molar-refractivity contribution is 0.101. The highest BCUT2D eigenvalue weighted by Gasteiger charge is 2.18. The molecular weight excluding hydrogens is 506 g/mol. The molecule has 9 nitrogen and oxygen atoms in total. The van der Waals surface area contributed by atoms with Gasteiger partial charge in [-0.2, -0.15) is 0 Å². The van der Waals surface area contributed by atoms with E-state index in [2.05, 4.69) is 32.5 Å². The third-order valence-corrected chi connectivity index (χ3v) is 7.38. The summed E-state index contributed by atoms with van der Waals surface area (Å²) >= 11 is 0. The number of carbonyl (C=O) groups excluding carboxylic acids is 2. The molecule has 1 unspecified atom stereocenters. The highest BCUT2D eigenvalue weighted by atomic mass is 16.5. The van der Waals surface area contributed by atoms with Crippen LogP contribution in [0.4, 0.5) is 17.2 Å². The molecule has 0 saturated carbocycles. The van der Waals surface area contributed by atoms with Gasteiger partial charge >= 0.3 is 0 Å². The number of rotatable bonds is 7. The molecule has 1 atom stereocenters. The quantitative estimate of drug-likeness (QED) is 0.450. The average Bonchev–Trinajstić information content (AvgIpc) is 3.19. The third-order valence-electron chi connectivity index (χ3n) is 7.38. The van der Waals surface area contributed by atoms with Gasteiger partial charge in [0.2, 0.25) is 0 Å². The number of amides is 2. The van der Waals surface area contributed by atoms with E-state index in [1.165, 1.54) is 0 Å². The molecule has 2 N–H and O–H groups in total. The van der Waals surface area contributed by atoms with Crippen molar-refractivity contribution >= 4 is 29.0 Å². The summed E-state index contributed by atoms with van der Waals surface area (Å²) < 4.78 is 11.6. The van der Waals surface area contributed by atoms with Gasteiger partial charge in [0.15, 0.2) is 0 Å². The maximum absolute atomic E-state index is 13.2. The monoisotopic (exact) mass is 543 g/mol. The molecule has 3 heterocycles. The molecule has 2 aliphatic heterocycles. The van der Waals surface area contributed by atoms with Gasteiger partial charge in [-0.15, -0.1) is 0 Å². The van der Waals surface area contributed by atoms with Crippen LogP contribution in [0.15, 0.2) is 60.8 Å².